The van der Waals surface area contributed by atoms with Crippen LogP contribution in [0.25, 0.3) is 0 Å². The number of aryl methyl sites for hydroxylation is 1. The number of hydrogen-bond donors (Lipinski definition) is 2. The molecule has 1 atom stereocenters. The highest BCUT2D eigenvalue weighted by molar-refractivity contribution is 6.33. The Bertz CT molecular complexity index is 1150. The van der Waals surface area contributed by atoms with E-state index in [0.717, 1.165) is 29.7 Å². The van der Waals surface area contributed by atoms with Gasteiger partial charge < -0.3 is 10.6 Å². The summed E-state index contributed by atoms with van der Waals surface area (Å²) >= 11 is 12.8. The lowest BCUT2D eigenvalue weighted by Gasteiger charge is -2.15. The highest BCUT2D eigenvalue weighted by Crippen LogP contribution is 2.30. The van der Waals surface area contributed by atoms with Crippen LogP contribution in [0.2, 0.25) is 10.2 Å². The van der Waals surface area contributed by atoms with Gasteiger partial charge in [-0.2, -0.15) is 5.10 Å². The number of rotatable bonds is 7. The molecule has 1 unspecified atom stereocenters. The summed E-state index contributed by atoms with van der Waals surface area (Å²) in [6, 6.07) is 14.7. The average Bonchev–Trinajstić information content (AvgIpc) is 3.57. The first-order valence-electron chi connectivity index (χ1n) is 10.5. The van der Waals surface area contributed by atoms with Gasteiger partial charge in [-0.05, 0) is 56.0 Å². The molecule has 3 aromatic rings. The monoisotopic (exact) mass is 470 g/mol. The van der Waals surface area contributed by atoms with E-state index in [0.29, 0.717) is 22.8 Å². The fourth-order valence-electron chi connectivity index (χ4n) is 3.50. The minimum absolute atomic E-state index is 0.0676. The second kappa shape index (κ2) is 9.35. The van der Waals surface area contributed by atoms with Crippen LogP contribution in [-0.2, 0) is 11.3 Å². The molecule has 1 heterocycles. The zero-order valence-electron chi connectivity index (χ0n) is 17.9. The van der Waals surface area contributed by atoms with Crippen LogP contribution in [0.3, 0.4) is 0 Å². The van der Waals surface area contributed by atoms with Crippen LogP contribution in [0.1, 0.15) is 53.0 Å². The number of nitrogens with zero attached hydrogens (tertiary/aromatic N) is 2. The van der Waals surface area contributed by atoms with E-state index in [9.17, 15) is 9.59 Å². The van der Waals surface area contributed by atoms with Gasteiger partial charge in [0.1, 0.15) is 5.15 Å². The van der Waals surface area contributed by atoms with E-state index in [1.54, 1.807) is 17.7 Å². The number of carbonyl (C=O) groups is 2. The number of hydrogen-bond acceptors (Lipinski definition) is 3. The van der Waals surface area contributed by atoms with Crippen LogP contribution in [0.4, 0.5) is 5.69 Å². The van der Waals surface area contributed by atoms with Crippen molar-refractivity contribution in [3.05, 3.63) is 81.1 Å². The highest BCUT2D eigenvalue weighted by Gasteiger charge is 2.29. The summed E-state index contributed by atoms with van der Waals surface area (Å²) < 4.78 is 1.58. The summed E-state index contributed by atoms with van der Waals surface area (Å²) in [5.41, 5.74) is 3.43. The van der Waals surface area contributed by atoms with E-state index in [1.165, 1.54) is 0 Å². The second-order valence-electron chi connectivity index (χ2n) is 8.08. The van der Waals surface area contributed by atoms with Gasteiger partial charge >= 0.3 is 0 Å². The van der Waals surface area contributed by atoms with E-state index in [2.05, 4.69) is 15.7 Å². The number of amides is 2. The maximum Gasteiger partial charge on any atom is 0.256 e. The molecule has 2 N–H and O–H groups in total. The lowest BCUT2D eigenvalue weighted by Crippen LogP contribution is -2.27. The summed E-state index contributed by atoms with van der Waals surface area (Å²) in [4.78, 5) is 24.9. The lowest BCUT2D eigenvalue weighted by molar-refractivity contribution is -0.117. The Morgan fingerprint density at radius 2 is 1.81 bits per heavy atom. The fraction of sp³-hybridized carbons (Fsp3) is 0.292. The third kappa shape index (κ3) is 4.97. The van der Waals surface area contributed by atoms with E-state index in [-0.39, 0.29) is 28.9 Å². The van der Waals surface area contributed by atoms with E-state index in [1.807, 2.05) is 49.4 Å². The van der Waals surface area contributed by atoms with Crippen molar-refractivity contribution < 1.29 is 9.59 Å². The third-order valence-corrected chi connectivity index (χ3v) is 6.30. The van der Waals surface area contributed by atoms with Gasteiger partial charge in [-0.25, -0.2) is 4.68 Å². The molecule has 8 heteroatoms. The molecule has 6 nitrogen and oxygen atoms in total. The number of nitrogens with one attached hydrogen (secondary N) is 2. The predicted octanol–water partition coefficient (Wildman–Crippen LogP) is 5.39. The van der Waals surface area contributed by atoms with Crippen molar-refractivity contribution in [2.24, 2.45) is 5.92 Å². The molecule has 1 aliphatic carbocycles. The number of anilines is 1. The largest absolute Gasteiger partial charge is 0.345 e. The lowest BCUT2D eigenvalue weighted by atomic mass is 10.1. The van der Waals surface area contributed by atoms with Crippen LogP contribution in [0.15, 0.2) is 48.5 Å². The van der Waals surface area contributed by atoms with Gasteiger partial charge in [0, 0.05) is 16.6 Å². The Morgan fingerprint density at radius 3 is 2.47 bits per heavy atom. The van der Waals surface area contributed by atoms with Gasteiger partial charge in [-0.3, -0.25) is 9.59 Å². The smallest absolute Gasteiger partial charge is 0.256 e. The predicted molar refractivity (Wildman–Crippen MR) is 126 cm³/mol. The molecule has 1 aliphatic rings. The Hall–Kier alpha value is -2.83. The van der Waals surface area contributed by atoms with Crippen molar-refractivity contribution >= 4 is 40.7 Å². The number of aromatic nitrogens is 2. The quantitative estimate of drug-likeness (QED) is 0.486. The molecule has 4 rings (SSSR count). The molecule has 1 saturated carbocycles. The zero-order valence-corrected chi connectivity index (χ0v) is 19.4. The van der Waals surface area contributed by atoms with Crippen LogP contribution < -0.4 is 10.6 Å². The third-order valence-electron chi connectivity index (χ3n) is 5.54. The summed E-state index contributed by atoms with van der Waals surface area (Å²) in [5.74, 6) is -0.0748. The Morgan fingerprint density at radius 1 is 1.12 bits per heavy atom. The molecule has 1 aromatic heterocycles. The minimum Gasteiger partial charge on any atom is -0.345 e. The minimum atomic E-state index is -0.295. The van der Waals surface area contributed by atoms with Crippen molar-refractivity contribution in [3.8, 4) is 0 Å². The van der Waals surface area contributed by atoms with E-state index in [4.69, 9.17) is 23.2 Å². The molecule has 2 amide bonds. The van der Waals surface area contributed by atoms with Gasteiger partial charge in [0.05, 0.1) is 23.8 Å². The molecule has 2 aromatic carbocycles. The molecule has 1 fully saturated rings. The summed E-state index contributed by atoms with van der Waals surface area (Å²) in [6.07, 6.45) is 1.92. The molecule has 0 radical (unpaired) electrons. The first-order chi connectivity index (χ1) is 15.3. The Balaban J connectivity index is 1.43. The maximum atomic E-state index is 13.0. The normalized spacial score (nSPS) is 14.1. The van der Waals surface area contributed by atoms with Crippen LogP contribution >= 0.6 is 23.2 Å². The maximum absolute atomic E-state index is 13.0. The molecule has 32 heavy (non-hydrogen) atoms. The molecule has 0 aliphatic heterocycles. The van der Waals surface area contributed by atoms with Crippen LogP contribution in [-0.4, -0.2) is 21.6 Å². The number of halogens is 2. The summed E-state index contributed by atoms with van der Waals surface area (Å²) in [5, 5.41) is 11.2. The van der Waals surface area contributed by atoms with E-state index >= 15 is 0 Å². The standard InChI is InChI=1S/C24H24Cl2N4O2/c1-14(16-9-11-19(12-10-16)28-23(31)17-7-8-17)27-24(32)21-15(2)29-30(22(21)26)13-18-5-3-4-6-20(18)25/h3-6,9-12,14,17H,7-8,13H2,1-2H3,(H,27,32)(H,28,31). The highest BCUT2D eigenvalue weighted by atomic mass is 35.5. The van der Waals surface area contributed by atoms with E-state index < -0.39 is 0 Å². The summed E-state index contributed by atoms with van der Waals surface area (Å²) in [6.45, 7) is 4.02. The van der Waals surface area contributed by atoms with Crippen molar-refractivity contribution in [1.29, 1.82) is 0 Å². The molecule has 0 saturated heterocycles. The molecule has 0 bridgehead atoms. The van der Waals surface area contributed by atoms with Crippen LogP contribution in [0, 0.1) is 12.8 Å². The molecular weight excluding hydrogens is 447 g/mol. The first-order valence-corrected chi connectivity index (χ1v) is 11.3. The fourth-order valence-corrected chi connectivity index (χ4v) is 4.02. The SMILES string of the molecule is Cc1nn(Cc2ccccc2Cl)c(Cl)c1C(=O)NC(C)c1ccc(NC(=O)C2CC2)cc1. The zero-order chi connectivity index (χ0) is 22.8. The first kappa shape index (κ1) is 22.4. The van der Waals surface area contributed by atoms with Gasteiger partial charge in [0.2, 0.25) is 5.91 Å². The summed E-state index contributed by atoms with van der Waals surface area (Å²) in [7, 11) is 0. The Kier molecular flexibility index (Phi) is 6.53. The average molecular weight is 471 g/mol. The van der Waals surface area contributed by atoms with Crippen molar-refractivity contribution in [3.63, 3.8) is 0 Å². The van der Waals surface area contributed by atoms with Gasteiger partial charge in [0.25, 0.3) is 5.91 Å². The Labute approximate surface area is 196 Å². The van der Waals surface area contributed by atoms with Crippen LogP contribution in [0.5, 0.6) is 0 Å². The molecular formula is C24H24Cl2N4O2. The van der Waals surface area contributed by atoms with Gasteiger partial charge in [0.15, 0.2) is 0 Å². The van der Waals surface area contributed by atoms with Crippen molar-refractivity contribution in [1.82, 2.24) is 15.1 Å². The second-order valence-corrected chi connectivity index (χ2v) is 8.85. The van der Waals surface area contributed by atoms with Crippen molar-refractivity contribution in [2.45, 2.75) is 39.3 Å². The van der Waals surface area contributed by atoms with Gasteiger partial charge in [-0.15, -0.1) is 0 Å². The number of benzene rings is 2. The van der Waals surface area contributed by atoms with Gasteiger partial charge in [-0.1, -0.05) is 53.5 Å². The topological polar surface area (TPSA) is 76.0 Å². The number of carbonyl (C=O) groups excluding carboxylic acids is 2. The molecule has 0 spiro atoms. The van der Waals surface area contributed by atoms with Crippen molar-refractivity contribution in [2.75, 3.05) is 5.32 Å². The molecule has 166 valence electrons.